The summed E-state index contributed by atoms with van der Waals surface area (Å²) in [4.78, 5) is 15.8. The lowest BCUT2D eigenvalue weighted by molar-refractivity contribution is 0.153. The van der Waals surface area contributed by atoms with E-state index >= 15 is 0 Å². The lowest BCUT2D eigenvalue weighted by Crippen LogP contribution is -2.48. The average molecular weight is 444 g/mol. The van der Waals surface area contributed by atoms with Crippen LogP contribution in [-0.2, 0) is 10.3 Å². The molecule has 0 N–H and O–H groups in total. The van der Waals surface area contributed by atoms with Crippen molar-refractivity contribution in [1.82, 2.24) is 0 Å². The predicted molar refractivity (Wildman–Crippen MR) is 123 cm³/mol. The second-order valence-electron chi connectivity index (χ2n) is 7.18. The van der Waals surface area contributed by atoms with Crippen molar-refractivity contribution in [2.24, 2.45) is 0 Å². The third-order valence-electron chi connectivity index (χ3n) is 5.13. The number of carbonyl (C=O) groups is 1. The van der Waals surface area contributed by atoms with E-state index < -0.39 is 5.54 Å². The Bertz CT molecular complexity index is 1130. The van der Waals surface area contributed by atoms with E-state index in [0.717, 1.165) is 42.4 Å². The maximum absolute atomic E-state index is 13.0. The van der Waals surface area contributed by atoms with Crippen LogP contribution in [0, 0.1) is 3.82 Å². The summed E-state index contributed by atoms with van der Waals surface area (Å²) in [5, 5.41) is 0. The molecule has 2 aromatic carbocycles. The van der Waals surface area contributed by atoms with Crippen LogP contribution in [-0.4, -0.2) is 19.8 Å². The number of rotatable bonds is 3. The second-order valence-corrected chi connectivity index (χ2v) is 10.00. The Labute approximate surface area is 182 Å². The van der Waals surface area contributed by atoms with Crippen LogP contribution >= 0.6 is 32.9 Å². The quantitative estimate of drug-likeness (QED) is 0.320. The molecule has 0 bridgehead atoms. The highest BCUT2D eigenvalue weighted by Gasteiger charge is 2.44. The highest BCUT2D eigenvalue weighted by Crippen LogP contribution is 2.54. The SMILES string of the molecule is CCOC(=O)N1c2cccc(-c3ccc(OC)cc3)c2-c2c(ssc2=S)C1(C)C. The molecule has 4 nitrogen and oxygen atoms in total. The molecule has 0 fully saturated rings. The molecule has 1 aliphatic heterocycles. The highest BCUT2D eigenvalue weighted by atomic mass is 32.9. The third-order valence-corrected chi connectivity index (χ3v) is 8.46. The monoisotopic (exact) mass is 443 g/mol. The summed E-state index contributed by atoms with van der Waals surface area (Å²) in [7, 11) is 4.87. The van der Waals surface area contributed by atoms with Gasteiger partial charge in [0.2, 0.25) is 0 Å². The third kappa shape index (κ3) is 3.17. The molecule has 0 aliphatic carbocycles. The van der Waals surface area contributed by atoms with E-state index in [-0.39, 0.29) is 6.09 Å². The van der Waals surface area contributed by atoms with Gasteiger partial charge in [0.1, 0.15) is 9.57 Å². The number of carbonyl (C=O) groups excluding carboxylic acids is 1. The standard InChI is InChI=1S/C22H21NO3S3/c1-5-26-21(24)23-16-8-6-7-15(13-9-11-14(25-4)12-10-13)17(16)18-19(22(23,2)3)28-29-20(18)27/h6-12H,5H2,1-4H3. The number of ether oxygens (including phenoxy) is 2. The minimum absolute atomic E-state index is 0.325. The van der Waals surface area contributed by atoms with Gasteiger partial charge in [-0.15, -0.1) is 0 Å². The molecule has 29 heavy (non-hydrogen) atoms. The van der Waals surface area contributed by atoms with E-state index in [1.54, 1.807) is 32.7 Å². The summed E-state index contributed by atoms with van der Waals surface area (Å²) >= 11 is 5.73. The zero-order valence-corrected chi connectivity index (χ0v) is 19.1. The topological polar surface area (TPSA) is 38.8 Å². The minimum Gasteiger partial charge on any atom is -0.497 e. The molecule has 1 aliphatic rings. The molecule has 4 rings (SSSR count). The molecule has 0 saturated carbocycles. The number of fused-ring (bicyclic) bond motifs is 3. The normalized spacial score (nSPS) is 14.1. The van der Waals surface area contributed by atoms with Crippen LogP contribution in [0.4, 0.5) is 10.5 Å². The first-order chi connectivity index (χ1) is 13.9. The molecule has 0 atom stereocenters. The number of hydrogen-bond acceptors (Lipinski definition) is 6. The van der Waals surface area contributed by atoms with Crippen LogP contribution in [0.5, 0.6) is 5.75 Å². The van der Waals surface area contributed by atoms with E-state index in [4.69, 9.17) is 21.7 Å². The lowest BCUT2D eigenvalue weighted by Gasteiger charge is -2.42. The van der Waals surface area contributed by atoms with Gasteiger partial charge < -0.3 is 9.47 Å². The van der Waals surface area contributed by atoms with Gasteiger partial charge in [0.25, 0.3) is 0 Å². The molecule has 2 heterocycles. The largest absolute Gasteiger partial charge is 0.497 e. The number of methoxy groups -OCH3 is 1. The molecule has 0 radical (unpaired) electrons. The molecule has 0 saturated heterocycles. The molecular formula is C22H21NO3S3. The number of hydrogen-bond donors (Lipinski definition) is 0. The maximum atomic E-state index is 13.0. The fraction of sp³-hybridized carbons (Fsp3) is 0.273. The van der Waals surface area contributed by atoms with E-state index in [9.17, 15) is 4.79 Å². The van der Waals surface area contributed by atoms with Crippen molar-refractivity contribution in [2.75, 3.05) is 18.6 Å². The predicted octanol–water partition coefficient (Wildman–Crippen LogP) is 7.09. The smallest absolute Gasteiger partial charge is 0.415 e. The molecule has 0 spiro atoms. The van der Waals surface area contributed by atoms with Crippen LogP contribution in [0.2, 0.25) is 0 Å². The molecular weight excluding hydrogens is 422 g/mol. The Morgan fingerprint density at radius 3 is 2.48 bits per heavy atom. The van der Waals surface area contributed by atoms with Crippen LogP contribution in [0.1, 0.15) is 25.6 Å². The number of benzene rings is 2. The second kappa shape index (κ2) is 7.55. The fourth-order valence-electron chi connectivity index (χ4n) is 3.80. The number of anilines is 1. The first kappa shape index (κ1) is 20.1. The number of amides is 1. The lowest BCUT2D eigenvalue weighted by atomic mass is 9.84. The van der Waals surface area contributed by atoms with Crippen molar-refractivity contribution in [1.29, 1.82) is 0 Å². The Balaban J connectivity index is 2.02. The van der Waals surface area contributed by atoms with Gasteiger partial charge in [-0.05, 0) is 50.1 Å². The molecule has 150 valence electrons. The summed E-state index contributed by atoms with van der Waals surface area (Å²) in [6.45, 7) is 6.24. The van der Waals surface area contributed by atoms with Crippen LogP contribution < -0.4 is 9.64 Å². The fourth-order valence-corrected chi connectivity index (χ4v) is 7.05. The maximum Gasteiger partial charge on any atom is 0.415 e. The van der Waals surface area contributed by atoms with Gasteiger partial charge in [-0.2, -0.15) is 0 Å². The van der Waals surface area contributed by atoms with Crippen molar-refractivity contribution >= 4 is 44.7 Å². The van der Waals surface area contributed by atoms with Crippen molar-refractivity contribution in [3.05, 3.63) is 51.2 Å². The van der Waals surface area contributed by atoms with E-state index in [1.165, 1.54) is 0 Å². The van der Waals surface area contributed by atoms with Crippen LogP contribution in [0.15, 0.2) is 42.5 Å². The van der Waals surface area contributed by atoms with Crippen LogP contribution in [0.25, 0.3) is 22.3 Å². The molecule has 0 unspecified atom stereocenters. The van der Waals surface area contributed by atoms with Crippen LogP contribution in [0.3, 0.4) is 0 Å². The zero-order chi connectivity index (χ0) is 20.8. The van der Waals surface area contributed by atoms with Crippen molar-refractivity contribution in [3.63, 3.8) is 0 Å². The average Bonchev–Trinajstić information content (AvgIpc) is 3.10. The summed E-state index contributed by atoms with van der Waals surface area (Å²) in [6.07, 6.45) is -0.347. The van der Waals surface area contributed by atoms with Crippen molar-refractivity contribution in [3.8, 4) is 28.0 Å². The van der Waals surface area contributed by atoms with Crippen molar-refractivity contribution < 1.29 is 14.3 Å². The Kier molecular flexibility index (Phi) is 5.23. The Morgan fingerprint density at radius 1 is 1.10 bits per heavy atom. The van der Waals surface area contributed by atoms with E-state index in [1.807, 2.05) is 57.2 Å². The van der Waals surface area contributed by atoms with E-state index in [2.05, 4.69) is 6.07 Å². The first-order valence-corrected chi connectivity index (χ1v) is 11.8. The van der Waals surface area contributed by atoms with Gasteiger partial charge in [-0.25, -0.2) is 4.79 Å². The molecule has 1 amide bonds. The van der Waals surface area contributed by atoms with Crippen molar-refractivity contribution in [2.45, 2.75) is 26.3 Å². The summed E-state index contributed by atoms with van der Waals surface area (Å²) < 4.78 is 11.6. The highest BCUT2D eigenvalue weighted by molar-refractivity contribution is 7.80. The summed E-state index contributed by atoms with van der Waals surface area (Å²) in [5.74, 6) is 0.801. The minimum atomic E-state index is -0.550. The summed E-state index contributed by atoms with van der Waals surface area (Å²) in [6, 6.07) is 14.0. The van der Waals surface area contributed by atoms with Gasteiger partial charge in [0.15, 0.2) is 0 Å². The van der Waals surface area contributed by atoms with E-state index in [0.29, 0.717) is 6.61 Å². The van der Waals surface area contributed by atoms with Gasteiger partial charge in [0.05, 0.1) is 29.8 Å². The molecule has 7 heteroatoms. The zero-order valence-electron chi connectivity index (χ0n) is 16.6. The molecule has 1 aromatic heterocycles. The van der Waals surface area contributed by atoms with Gasteiger partial charge in [-0.3, -0.25) is 4.90 Å². The first-order valence-electron chi connectivity index (χ1n) is 9.28. The summed E-state index contributed by atoms with van der Waals surface area (Å²) in [5.41, 5.74) is 4.40. The van der Waals surface area contributed by atoms with Gasteiger partial charge >= 0.3 is 6.09 Å². The van der Waals surface area contributed by atoms with Gasteiger partial charge in [-0.1, -0.05) is 57.2 Å². The molecule has 3 aromatic rings. The number of nitrogens with zero attached hydrogens (tertiary/aromatic N) is 1. The Morgan fingerprint density at radius 2 is 1.83 bits per heavy atom. The van der Waals surface area contributed by atoms with Gasteiger partial charge in [0, 0.05) is 11.1 Å². The Hall–Kier alpha value is -2.22.